The highest BCUT2D eigenvalue weighted by Gasteiger charge is 2.14. The first-order valence-electron chi connectivity index (χ1n) is 9.60. The first-order valence-corrected chi connectivity index (χ1v) is 9.60. The number of nitrogens with zero attached hydrogens (tertiary/aromatic N) is 2. The molecular formula is C20H30N4O. The summed E-state index contributed by atoms with van der Waals surface area (Å²) >= 11 is 0. The van der Waals surface area contributed by atoms with Crippen LogP contribution in [0.2, 0.25) is 0 Å². The second kappa shape index (κ2) is 8.48. The Balaban J connectivity index is 1.46. The maximum absolute atomic E-state index is 12.2. The van der Waals surface area contributed by atoms with Crippen LogP contribution in [0.5, 0.6) is 0 Å². The third-order valence-corrected chi connectivity index (χ3v) is 5.02. The quantitative estimate of drug-likeness (QED) is 0.841. The van der Waals surface area contributed by atoms with Crippen LogP contribution >= 0.6 is 0 Å². The molecule has 0 saturated carbocycles. The van der Waals surface area contributed by atoms with Crippen molar-refractivity contribution in [3.63, 3.8) is 0 Å². The molecule has 1 aromatic carbocycles. The lowest BCUT2D eigenvalue weighted by Gasteiger charge is -2.19. The number of likely N-dealkylation sites (tertiary alicyclic amines) is 1. The molecule has 1 aliphatic rings. The Morgan fingerprint density at radius 1 is 1.28 bits per heavy atom. The second-order valence-electron chi connectivity index (χ2n) is 7.29. The van der Waals surface area contributed by atoms with Gasteiger partial charge in [-0.2, -0.15) is 0 Å². The number of benzene rings is 1. The van der Waals surface area contributed by atoms with Crippen molar-refractivity contribution in [3.05, 3.63) is 29.6 Å². The first-order chi connectivity index (χ1) is 12.1. The first kappa shape index (κ1) is 17.9. The van der Waals surface area contributed by atoms with Gasteiger partial charge in [0.05, 0.1) is 17.1 Å². The number of carbonyl (C=O) groups excluding carboxylic acids is 1. The van der Waals surface area contributed by atoms with E-state index in [2.05, 4.69) is 39.2 Å². The molecule has 5 heteroatoms. The monoisotopic (exact) mass is 342 g/mol. The third-order valence-electron chi connectivity index (χ3n) is 5.02. The van der Waals surface area contributed by atoms with E-state index in [0.717, 1.165) is 29.8 Å². The van der Waals surface area contributed by atoms with Crippen LogP contribution in [0.4, 0.5) is 0 Å². The normalized spacial score (nSPS) is 17.4. The summed E-state index contributed by atoms with van der Waals surface area (Å²) in [5.74, 6) is 0.931. The summed E-state index contributed by atoms with van der Waals surface area (Å²) in [5, 5.41) is 3.07. The Labute approximate surface area is 150 Å². The topological polar surface area (TPSA) is 61.0 Å². The van der Waals surface area contributed by atoms with Gasteiger partial charge in [0.1, 0.15) is 5.82 Å². The minimum absolute atomic E-state index is 0.0987. The van der Waals surface area contributed by atoms with Crippen molar-refractivity contribution in [1.82, 2.24) is 20.2 Å². The van der Waals surface area contributed by atoms with Crippen molar-refractivity contribution in [2.24, 2.45) is 0 Å². The van der Waals surface area contributed by atoms with Gasteiger partial charge in [-0.1, -0.05) is 18.9 Å². The number of carbonyl (C=O) groups is 1. The fourth-order valence-corrected chi connectivity index (χ4v) is 3.55. The van der Waals surface area contributed by atoms with E-state index in [0.29, 0.717) is 6.42 Å². The molecule has 0 unspecified atom stereocenters. The van der Waals surface area contributed by atoms with Gasteiger partial charge in [0.25, 0.3) is 0 Å². The minimum Gasteiger partial charge on any atom is -0.346 e. The molecule has 0 spiro atoms. The van der Waals surface area contributed by atoms with Gasteiger partial charge in [-0.15, -0.1) is 0 Å². The number of H-pyrrole nitrogens is 1. The van der Waals surface area contributed by atoms with E-state index in [1.54, 1.807) is 0 Å². The molecule has 0 aliphatic carbocycles. The van der Waals surface area contributed by atoms with Crippen molar-refractivity contribution >= 4 is 16.9 Å². The molecule has 5 nitrogen and oxygen atoms in total. The zero-order valence-electron chi connectivity index (χ0n) is 15.5. The zero-order valence-corrected chi connectivity index (χ0v) is 15.5. The number of aryl methyl sites for hydroxylation is 1. The molecule has 0 radical (unpaired) electrons. The van der Waals surface area contributed by atoms with E-state index in [1.807, 2.05) is 13.0 Å². The molecule has 1 fully saturated rings. The molecule has 136 valence electrons. The molecule has 1 saturated heterocycles. The van der Waals surface area contributed by atoms with Gasteiger partial charge < -0.3 is 15.2 Å². The predicted octanol–water partition coefficient (Wildman–Crippen LogP) is 3.70. The molecule has 2 heterocycles. The third kappa shape index (κ3) is 5.05. The van der Waals surface area contributed by atoms with Crippen LogP contribution < -0.4 is 5.32 Å². The molecule has 25 heavy (non-hydrogen) atoms. The molecule has 2 aromatic rings. The average molecular weight is 342 g/mol. The van der Waals surface area contributed by atoms with Crippen molar-refractivity contribution in [3.8, 4) is 0 Å². The molecule has 1 aromatic heterocycles. The zero-order chi connectivity index (χ0) is 17.6. The minimum atomic E-state index is -0.0987. The summed E-state index contributed by atoms with van der Waals surface area (Å²) in [4.78, 5) is 22.7. The van der Waals surface area contributed by atoms with Crippen LogP contribution in [0.1, 0.15) is 62.9 Å². The summed E-state index contributed by atoms with van der Waals surface area (Å²) in [6.45, 7) is 7.46. The number of aromatic amines is 1. The van der Waals surface area contributed by atoms with Gasteiger partial charge in [-0.3, -0.25) is 4.79 Å². The molecule has 0 bridgehead atoms. The lowest BCUT2D eigenvalue weighted by atomic mass is 10.2. The Bertz CT molecular complexity index is 701. The van der Waals surface area contributed by atoms with Gasteiger partial charge in [0.2, 0.25) is 5.91 Å². The summed E-state index contributed by atoms with van der Waals surface area (Å²) in [6.07, 6.45) is 6.82. The maximum atomic E-state index is 12.2. The van der Waals surface area contributed by atoms with Crippen LogP contribution in [0, 0.1) is 6.92 Å². The molecular weight excluding hydrogens is 312 g/mol. The van der Waals surface area contributed by atoms with Crippen LogP contribution in [-0.4, -0.2) is 40.4 Å². The Kier molecular flexibility index (Phi) is 6.08. The Hall–Kier alpha value is -1.88. The molecule has 1 aliphatic heterocycles. The van der Waals surface area contributed by atoms with Gasteiger partial charge in [0, 0.05) is 6.42 Å². The smallest absolute Gasteiger partial charge is 0.220 e. The molecule has 1 amide bonds. The van der Waals surface area contributed by atoms with E-state index in [9.17, 15) is 4.79 Å². The van der Waals surface area contributed by atoms with Crippen molar-refractivity contribution < 1.29 is 4.79 Å². The number of hydrogen-bond acceptors (Lipinski definition) is 3. The van der Waals surface area contributed by atoms with E-state index in [-0.39, 0.29) is 11.9 Å². The van der Waals surface area contributed by atoms with E-state index < -0.39 is 0 Å². The fraction of sp³-hybridized carbons (Fsp3) is 0.600. The van der Waals surface area contributed by atoms with Crippen molar-refractivity contribution in [2.75, 3.05) is 19.6 Å². The van der Waals surface area contributed by atoms with Crippen LogP contribution in [-0.2, 0) is 4.79 Å². The lowest BCUT2D eigenvalue weighted by Crippen LogP contribution is -2.30. The molecule has 2 N–H and O–H groups in total. The average Bonchev–Trinajstić information content (AvgIpc) is 2.82. The summed E-state index contributed by atoms with van der Waals surface area (Å²) in [5.41, 5.74) is 3.17. The highest BCUT2D eigenvalue weighted by Crippen LogP contribution is 2.17. The fourth-order valence-electron chi connectivity index (χ4n) is 3.55. The van der Waals surface area contributed by atoms with Crippen LogP contribution in [0.15, 0.2) is 18.2 Å². The van der Waals surface area contributed by atoms with Crippen LogP contribution in [0.3, 0.4) is 0 Å². The molecule has 1 atom stereocenters. The van der Waals surface area contributed by atoms with E-state index >= 15 is 0 Å². The number of fused-ring (bicyclic) bond motifs is 1. The summed E-state index contributed by atoms with van der Waals surface area (Å²) < 4.78 is 0. The number of hydrogen-bond donors (Lipinski definition) is 2. The highest BCUT2D eigenvalue weighted by molar-refractivity contribution is 5.77. The van der Waals surface area contributed by atoms with Gasteiger partial charge in [-0.25, -0.2) is 4.98 Å². The summed E-state index contributed by atoms with van der Waals surface area (Å²) in [6, 6.07) is 6.06. The van der Waals surface area contributed by atoms with E-state index in [4.69, 9.17) is 0 Å². The maximum Gasteiger partial charge on any atom is 0.220 e. The number of imidazole rings is 1. The van der Waals surface area contributed by atoms with Gasteiger partial charge >= 0.3 is 0 Å². The van der Waals surface area contributed by atoms with Gasteiger partial charge in [-0.05, 0) is 70.4 Å². The van der Waals surface area contributed by atoms with Crippen LogP contribution in [0.25, 0.3) is 11.0 Å². The number of aromatic nitrogens is 2. The standard InChI is InChI=1S/C20H30N4O/c1-15-9-10-17-18(14-15)23-20(22-17)16(2)21-19(25)8-7-13-24-11-5-3-4-6-12-24/h9-10,14,16H,3-8,11-13H2,1-2H3,(H,21,25)(H,22,23)/t16-/m1/s1. The van der Waals surface area contributed by atoms with Crippen molar-refractivity contribution in [1.29, 1.82) is 0 Å². The second-order valence-corrected chi connectivity index (χ2v) is 7.29. The number of nitrogens with one attached hydrogen (secondary N) is 2. The van der Waals surface area contributed by atoms with Crippen molar-refractivity contribution in [2.45, 2.75) is 58.4 Å². The number of rotatable bonds is 6. The molecule has 3 rings (SSSR count). The largest absolute Gasteiger partial charge is 0.346 e. The Morgan fingerprint density at radius 3 is 2.80 bits per heavy atom. The van der Waals surface area contributed by atoms with E-state index in [1.165, 1.54) is 44.3 Å². The Morgan fingerprint density at radius 2 is 2.04 bits per heavy atom. The summed E-state index contributed by atoms with van der Waals surface area (Å²) in [7, 11) is 0. The SMILES string of the molecule is Cc1ccc2nc([C@@H](C)NC(=O)CCCN3CCCCCC3)[nH]c2c1. The van der Waals surface area contributed by atoms with Gasteiger partial charge in [0.15, 0.2) is 0 Å². The number of amides is 1. The lowest BCUT2D eigenvalue weighted by molar-refractivity contribution is -0.121. The predicted molar refractivity (Wildman–Crippen MR) is 102 cm³/mol. The highest BCUT2D eigenvalue weighted by atomic mass is 16.1.